The zero-order valence-corrected chi connectivity index (χ0v) is 27.1. The maximum Gasteiger partial charge on any atom is 0.252 e. The summed E-state index contributed by atoms with van der Waals surface area (Å²) in [6, 6.07) is 13.7. The van der Waals surface area contributed by atoms with E-state index in [0.29, 0.717) is 17.1 Å². The number of carbonyl (C=O) groups is 3. The number of halogens is 2. The second-order valence-corrected chi connectivity index (χ2v) is 13.2. The van der Waals surface area contributed by atoms with Gasteiger partial charge in [0.25, 0.3) is 5.91 Å². The lowest BCUT2D eigenvalue weighted by Crippen LogP contribution is -2.60. The first-order valence-corrected chi connectivity index (χ1v) is 15.8. The average Bonchev–Trinajstić information content (AvgIpc) is 3.00. The van der Waals surface area contributed by atoms with Gasteiger partial charge in [-0.05, 0) is 62.0 Å². The number of nitrogens with zero attached hydrogens (tertiary/aromatic N) is 2. The molecule has 226 valence electrons. The fourth-order valence-corrected chi connectivity index (χ4v) is 5.99. The Morgan fingerprint density at radius 1 is 1.10 bits per heavy atom. The van der Waals surface area contributed by atoms with Gasteiger partial charge in [-0.1, -0.05) is 40.2 Å². The van der Waals surface area contributed by atoms with Crippen LogP contribution in [0.25, 0.3) is 10.8 Å². The number of fused-ring (bicyclic) bond motifs is 2. The number of rotatable bonds is 8. The number of methoxy groups -OCH3 is 1. The Morgan fingerprint density at radius 2 is 1.76 bits per heavy atom. The number of hydrogen-bond acceptors (Lipinski definition) is 7. The van der Waals surface area contributed by atoms with Crippen molar-refractivity contribution in [2.75, 3.05) is 36.0 Å². The van der Waals surface area contributed by atoms with Gasteiger partial charge >= 0.3 is 0 Å². The fraction of sp³-hybridized carbons (Fsp3) is 0.345. The molecule has 0 fully saturated rings. The second-order valence-electron chi connectivity index (χ2n) is 10.1. The summed E-state index contributed by atoms with van der Waals surface area (Å²) in [7, 11) is -0.512. The van der Waals surface area contributed by atoms with E-state index < -0.39 is 51.4 Å². The first-order valence-electron chi connectivity index (χ1n) is 13.0. The summed E-state index contributed by atoms with van der Waals surface area (Å²) in [5, 5.41) is 7.46. The minimum atomic E-state index is -3.69. The number of sulfone groups is 1. The van der Waals surface area contributed by atoms with Gasteiger partial charge in [0.05, 0.1) is 37.1 Å². The highest BCUT2D eigenvalue weighted by atomic mass is 79.9. The fourth-order valence-electron chi connectivity index (χ4n) is 5.03. The number of nitrogens with one attached hydrogen (secondary N) is 2. The van der Waals surface area contributed by atoms with Crippen molar-refractivity contribution in [3.05, 3.63) is 64.6 Å². The highest BCUT2D eigenvalue weighted by Crippen LogP contribution is 2.39. The van der Waals surface area contributed by atoms with Crippen LogP contribution in [0, 0.1) is 0 Å². The van der Waals surface area contributed by atoms with Crippen molar-refractivity contribution in [1.82, 2.24) is 10.6 Å². The van der Waals surface area contributed by atoms with E-state index in [0.717, 1.165) is 27.1 Å². The van der Waals surface area contributed by atoms with Gasteiger partial charge in [-0.25, -0.2) is 8.42 Å². The Kier molecular flexibility index (Phi) is 10.6. The molecule has 42 heavy (non-hydrogen) atoms. The molecule has 0 radical (unpaired) electrons. The van der Waals surface area contributed by atoms with Crippen LogP contribution < -0.4 is 25.2 Å². The Hall–Kier alpha value is -3.19. The van der Waals surface area contributed by atoms with Crippen LogP contribution in [0.15, 0.2) is 59.1 Å². The molecule has 1 aliphatic rings. The van der Waals surface area contributed by atoms with Crippen molar-refractivity contribution in [3.63, 3.8) is 0 Å². The Bertz CT molecular complexity index is 1620. The summed E-state index contributed by atoms with van der Waals surface area (Å²) in [6.45, 7) is 3.34. The first-order chi connectivity index (χ1) is 19.4. The van der Waals surface area contributed by atoms with Crippen LogP contribution in [-0.4, -0.2) is 70.4 Å². The number of benzene rings is 3. The van der Waals surface area contributed by atoms with Crippen molar-refractivity contribution in [1.29, 1.82) is 0 Å². The molecule has 3 aromatic carbocycles. The van der Waals surface area contributed by atoms with E-state index in [4.69, 9.17) is 4.74 Å². The lowest BCUT2D eigenvalue weighted by molar-refractivity contribution is -0.129. The Balaban J connectivity index is 0.00000484. The van der Waals surface area contributed by atoms with Gasteiger partial charge in [0.2, 0.25) is 11.8 Å². The monoisotopic (exact) mass is 680 g/mol. The number of para-hydroxylation sites is 2. The smallest absolute Gasteiger partial charge is 0.252 e. The van der Waals surface area contributed by atoms with Crippen molar-refractivity contribution in [2.45, 2.75) is 38.5 Å². The molecule has 0 unspecified atom stereocenters. The molecule has 3 aromatic rings. The Morgan fingerprint density at radius 3 is 2.38 bits per heavy atom. The van der Waals surface area contributed by atoms with Gasteiger partial charge in [-0.2, -0.15) is 0 Å². The van der Waals surface area contributed by atoms with E-state index in [1.807, 2.05) is 30.3 Å². The molecule has 2 N–H and O–H groups in total. The van der Waals surface area contributed by atoms with Gasteiger partial charge in [0.15, 0.2) is 9.84 Å². The van der Waals surface area contributed by atoms with E-state index in [2.05, 4.69) is 26.6 Å². The topological polar surface area (TPSA) is 125 Å². The van der Waals surface area contributed by atoms with E-state index in [1.165, 1.54) is 9.80 Å². The number of hydrogen-bond donors (Lipinski definition) is 2. The molecular formula is C29H34BrClN4O6S. The number of amides is 3. The average molecular weight is 682 g/mol. The molecule has 0 bridgehead atoms. The maximum atomic E-state index is 14.4. The molecule has 1 heterocycles. The number of likely N-dealkylation sites (N-methyl/N-ethyl adjacent to an activating group) is 1. The lowest BCUT2D eigenvalue weighted by Gasteiger charge is -2.32. The predicted octanol–water partition coefficient (Wildman–Crippen LogP) is 3.44. The quantitative estimate of drug-likeness (QED) is 0.373. The zero-order chi connectivity index (χ0) is 30.1. The van der Waals surface area contributed by atoms with Crippen LogP contribution >= 0.6 is 28.3 Å². The molecular weight excluding hydrogens is 648 g/mol. The SMILES string of the molecule is CN[C@@H](C)C(=O)N[C@@H]1C(=O)N(Cc2c(OC)ccc3cc(Br)ccc23)c2ccccc2N(C(=O)CS(C)(=O)=O)[C@H]1C.Cl. The number of ether oxygens (including phenoxy) is 1. The molecule has 3 atom stereocenters. The summed E-state index contributed by atoms with van der Waals surface area (Å²) in [5.41, 5.74) is 1.50. The van der Waals surface area contributed by atoms with E-state index in [1.54, 1.807) is 52.3 Å². The van der Waals surface area contributed by atoms with Crippen molar-refractivity contribution >= 4 is 78.0 Å². The minimum absolute atomic E-state index is 0. The molecule has 1 aliphatic heterocycles. The van der Waals surface area contributed by atoms with Gasteiger partial charge in [-0.3, -0.25) is 14.4 Å². The summed E-state index contributed by atoms with van der Waals surface area (Å²) < 4.78 is 30.9. The van der Waals surface area contributed by atoms with Gasteiger partial charge in [0, 0.05) is 16.3 Å². The lowest BCUT2D eigenvalue weighted by atomic mass is 10.0. The van der Waals surface area contributed by atoms with Crippen LogP contribution in [0.2, 0.25) is 0 Å². The van der Waals surface area contributed by atoms with E-state index in [-0.39, 0.29) is 19.0 Å². The summed E-state index contributed by atoms with van der Waals surface area (Å²) in [5.74, 6) is -1.77. The molecule has 10 nitrogen and oxygen atoms in total. The Labute approximate surface area is 260 Å². The number of carbonyl (C=O) groups excluding carboxylic acids is 3. The summed E-state index contributed by atoms with van der Waals surface area (Å²) in [4.78, 5) is 43.8. The molecule has 0 aromatic heterocycles. The van der Waals surface area contributed by atoms with Crippen molar-refractivity contribution < 1.29 is 27.5 Å². The molecule has 4 rings (SSSR count). The highest BCUT2D eigenvalue weighted by Gasteiger charge is 2.43. The molecule has 3 amide bonds. The summed E-state index contributed by atoms with van der Waals surface area (Å²) in [6.07, 6.45) is 0.982. The molecule has 13 heteroatoms. The molecule has 0 saturated carbocycles. The molecule has 0 aliphatic carbocycles. The highest BCUT2D eigenvalue weighted by molar-refractivity contribution is 9.10. The van der Waals surface area contributed by atoms with Gasteiger partial charge in [-0.15, -0.1) is 12.4 Å². The second kappa shape index (κ2) is 13.4. The third-order valence-electron chi connectivity index (χ3n) is 7.22. The zero-order valence-electron chi connectivity index (χ0n) is 23.9. The third-order valence-corrected chi connectivity index (χ3v) is 8.48. The first kappa shape index (κ1) is 33.3. The van der Waals surface area contributed by atoms with Crippen LogP contribution in [0.1, 0.15) is 19.4 Å². The predicted molar refractivity (Wildman–Crippen MR) is 170 cm³/mol. The third kappa shape index (κ3) is 6.88. The molecule has 0 spiro atoms. The molecule has 0 saturated heterocycles. The normalized spacial score (nSPS) is 17.6. The van der Waals surface area contributed by atoms with Crippen LogP contribution in [-0.2, 0) is 30.8 Å². The largest absolute Gasteiger partial charge is 0.496 e. The van der Waals surface area contributed by atoms with Crippen LogP contribution in [0.5, 0.6) is 5.75 Å². The van der Waals surface area contributed by atoms with Gasteiger partial charge in [0.1, 0.15) is 17.5 Å². The van der Waals surface area contributed by atoms with Gasteiger partial charge < -0.3 is 25.2 Å². The van der Waals surface area contributed by atoms with E-state index >= 15 is 0 Å². The standard InChI is InChI=1S/C29H33BrN4O6S.ClH/c1-17(31-3)28(36)32-27-18(2)34(26(35)16-41(5,38)39)24-9-7-6-8-23(24)33(29(27)37)15-22-21-12-11-20(30)14-19(21)10-13-25(22)40-4;/h6-14,17-18,27,31H,15-16H2,1-5H3,(H,32,36);1H/t17-,18-,27-;/m0./s1. The van der Waals surface area contributed by atoms with Crippen molar-refractivity contribution in [2.24, 2.45) is 0 Å². The van der Waals surface area contributed by atoms with Crippen LogP contribution in [0.3, 0.4) is 0 Å². The number of anilines is 2. The van der Waals surface area contributed by atoms with Crippen molar-refractivity contribution in [3.8, 4) is 5.75 Å². The maximum absolute atomic E-state index is 14.4. The van der Waals surface area contributed by atoms with Crippen LogP contribution in [0.4, 0.5) is 11.4 Å². The minimum Gasteiger partial charge on any atom is -0.496 e. The van der Waals surface area contributed by atoms with E-state index in [9.17, 15) is 22.8 Å². The summed E-state index contributed by atoms with van der Waals surface area (Å²) >= 11 is 3.51.